The summed E-state index contributed by atoms with van der Waals surface area (Å²) in [5, 5.41) is 0. The highest BCUT2D eigenvalue weighted by molar-refractivity contribution is 7.45. The van der Waals surface area contributed by atoms with E-state index in [4.69, 9.17) is 38.5 Å². The summed E-state index contributed by atoms with van der Waals surface area (Å²) in [5.41, 5.74) is 0. The molecule has 0 atom stereocenters. The van der Waals surface area contributed by atoms with Gasteiger partial charge in [0.05, 0.1) is 0 Å². The fourth-order valence-electron chi connectivity index (χ4n) is 0.136. The van der Waals surface area contributed by atoms with E-state index < -0.39 is 15.6 Å². The van der Waals surface area contributed by atoms with Gasteiger partial charge in [0, 0.05) is 0 Å². The number of allylic oxidation sites excluding steroid dienone is 3. The van der Waals surface area contributed by atoms with Crippen LogP contribution in [-0.4, -0.2) is 29.4 Å². The maximum absolute atomic E-state index is 8.88. The van der Waals surface area contributed by atoms with Crippen molar-refractivity contribution in [2.45, 2.75) is 6.92 Å². The average Bonchev–Trinajstić information content (AvgIpc) is 1.80. The molecule has 0 amide bonds. The van der Waals surface area contributed by atoms with Gasteiger partial charge in [-0.3, -0.25) is 0 Å². The van der Waals surface area contributed by atoms with Crippen LogP contribution in [0, 0.1) is 0 Å². The van der Waals surface area contributed by atoms with Gasteiger partial charge in [0.1, 0.15) is 0 Å². The van der Waals surface area contributed by atoms with E-state index in [1.807, 2.05) is 19.1 Å². The highest BCUT2D eigenvalue weighted by atomic mass is 31.2. The molecule has 0 aromatic carbocycles. The fraction of sp³-hybridized carbons (Fsp3) is 0.200. The minimum atomic E-state index is -4.64. The molecule has 0 aliphatic heterocycles. The molecule has 15 heavy (non-hydrogen) atoms. The maximum Gasteiger partial charge on any atom is 0.466 e. The molecule has 0 bridgehead atoms. The lowest BCUT2D eigenvalue weighted by Gasteiger charge is -1.82. The van der Waals surface area contributed by atoms with Crippen LogP contribution in [0.2, 0.25) is 0 Å². The van der Waals surface area contributed by atoms with Crippen LogP contribution in [0.3, 0.4) is 0 Å². The topological polar surface area (TPSA) is 156 Å². The first-order valence-electron chi connectivity index (χ1n) is 3.22. The summed E-state index contributed by atoms with van der Waals surface area (Å²) < 4.78 is 17.8. The lowest BCUT2D eigenvalue weighted by atomic mass is 10.5. The Hall–Kier alpha value is -0.300. The SMILES string of the molecule is C=CC=CC.O=P(O)(O)O.O=P(O)(O)O. The fourth-order valence-corrected chi connectivity index (χ4v) is 0.136. The van der Waals surface area contributed by atoms with Crippen molar-refractivity contribution in [1.82, 2.24) is 0 Å². The van der Waals surface area contributed by atoms with Crippen LogP contribution in [0.4, 0.5) is 0 Å². The van der Waals surface area contributed by atoms with Gasteiger partial charge < -0.3 is 29.4 Å². The van der Waals surface area contributed by atoms with Gasteiger partial charge in [0.15, 0.2) is 0 Å². The second-order valence-electron chi connectivity index (χ2n) is 1.79. The second kappa shape index (κ2) is 10.2. The molecule has 6 N–H and O–H groups in total. The molecule has 8 nitrogen and oxygen atoms in total. The minimum absolute atomic E-state index is 1.75. The highest BCUT2D eigenvalue weighted by Crippen LogP contribution is 2.26. The number of hydrogen-bond acceptors (Lipinski definition) is 2. The molecule has 0 rings (SSSR count). The number of rotatable bonds is 1. The zero-order valence-electron chi connectivity index (χ0n) is 7.83. The van der Waals surface area contributed by atoms with Crippen LogP contribution >= 0.6 is 15.6 Å². The molecule has 0 saturated heterocycles. The molecule has 0 radical (unpaired) electrons. The zero-order valence-corrected chi connectivity index (χ0v) is 9.62. The van der Waals surface area contributed by atoms with Gasteiger partial charge in [0.25, 0.3) is 0 Å². The van der Waals surface area contributed by atoms with Crippen LogP contribution in [0.1, 0.15) is 6.92 Å². The van der Waals surface area contributed by atoms with E-state index in [1.54, 1.807) is 6.08 Å². The van der Waals surface area contributed by atoms with Gasteiger partial charge in [-0.05, 0) is 6.92 Å². The van der Waals surface area contributed by atoms with E-state index >= 15 is 0 Å². The Balaban J connectivity index is -0.000000144. The van der Waals surface area contributed by atoms with Crippen LogP contribution in [0.5, 0.6) is 0 Å². The molecule has 10 heteroatoms. The van der Waals surface area contributed by atoms with E-state index in [0.717, 1.165) is 0 Å². The molecular formula is C5H14O8P2. The van der Waals surface area contributed by atoms with Gasteiger partial charge in [-0.25, -0.2) is 9.13 Å². The summed E-state index contributed by atoms with van der Waals surface area (Å²) in [6.45, 7) is 5.42. The molecule has 0 aliphatic rings. The average molecular weight is 264 g/mol. The summed E-state index contributed by atoms with van der Waals surface area (Å²) in [6, 6.07) is 0. The van der Waals surface area contributed by atoms with E-state index in [0.29, 0.717) is 0 Å². The molecule has 0 heterocycles. The first-order valence-corrected chi connectivity index (χ1v) is 6.35. The third-order valence-electron chi connectivity index (χ3n) is 0.329. The van der Waals surface area contributed by atoms with Crippen molar-refractivity contribution in [3.05, 3.63) is 24.8 Å². The van der Waals surface area contributed by atoms with Crippen molar-refractivity contribution in [1.29, 1.82) is 0 Å². The minimum Gasteiger partial charge on any atom is -0.303 e. The highest BCUT2D eigenvalue weighted by Gasteiger charge is 2.00. The van der Waals surface area contributed by atoms with Crippen molar-refractivity contribution >= 4 is 15.6 Å². The van der Waals surface area contributed by atoms with E-state index in [-0.39, 0.29) is 0 Å². The van der Waals surface area contributed by atoms with Crippen LogP contribution in [0.25, 0.3) is 0 Å². The molecule has 92 valence electrons. The number of hydrogen-bond donors (Lipinski definition) is 6. The van der Waals surface area contributed by atoms with Gasteiger partial charge in [0.2, 0.25) is 0 Å². The van der Waals surface area contributed by atoms with Gasteiger partial charge in [-0.2, -0.15) is 0 Å². The van der Waals surface area contributed by atoms with Crippen molar-refractivity contribution in [2.24, 2.45) is 0 Å². The molecule has 0 unspecified atom stereocenters. The predicted octanol–water partition coefficient (Wildman–Crippen LogP) is -0.109. The molecule has 0 spiro atoms. The summed E-state index contributed by atoms with van der Waals surface area (Å²) in [5.74, 6) is 0. The first kappa shape index (κ1) is 20.2. The normalized spacial score (nSPS) is 10.9. The Morgan fingerprint density at radius 2 is 1.13 bits per heavy atom. The monoisotopic (exact) mass is 264 g/mol. The van der Waals surface area contributed by atoms with Crippen LogP contribution < -0.4 is 0 Å². The van der Waals surface area contributed by atoms with Gasteiger partial charge in [-0.15, -0.1) is 0 Å². The van der Waals surface area contributed by atoms with Crippen molar-refractivity contribution < 1.29 is 38.5 Å². The summed E-state index contributed by atoms with van der Waals surface area (Å²) in [7, 11) is -9.28. The van der Waals surface area contributed by atoms with Crippen LogP contribution in [-0.2, 0) is 9.13 Å². The molecule has 0 aliphatic carbocycles. The quantitative estimate of drug-likeness (QED) is 0.283. The van der Waals surface area contributed by atoms with E-state index in [1.165, 1.54) is 0 Å². The Morgan fingerprint density at radius 3 is 1.13 bits per heavy atom. The largest absolute Gasteiger partial charge is 0.466 e. The Kier molecular flexibility index (Phi) is 13.7. The third kappa shape index (κ3) is 649. The first-order chi connectivity index (χ1) is 6.41. The standard InChI is InChI=1S/C5H8.2H3O4P/c1-3-5-4-2;2*1-5(2,3)4/h3-5H,1H2,2H3;2*(H3,1,2,3,4). The Bertz CT molecular complexity index is 224. The van der Waals surface area contributed by atoms with Crippen LogP contribution in [0.15, 0.2) is 24.8 Å². The predicted molar refractivity (Wildman–Crippen MR) is 53.5 cm³/mol. The van der Waals surface area contributed by atoms with Crippen molar-refractivity contribution in [3.63, 3.8) is 0 Å². The maximum atomic E-state index is 8.88. The van der Waals surface area contributed by atoms with E-state index in [9.17, 15) is 0 Å². The molecule has 0 fully saturated rings. The number of phosphoric acid groups is 2. The molecule has 0 saturated carbocycles. The summed E-state index contributed by atoms with van der Waals surface area (Å²) >= 11 is 0. The van der Waals surface area contributed by atoms with Crippen molar-refractivity contribution in [3.8, 4) is 0 Å². The lowest BCUT2D eigenvalue weighted by Crippen LogP contribution is -1.66. The molecule has 0 aromatic heterocycles. The summed E-state index contributed by atoms with van der Waals surface area (Å²) in [6.07, 6.45) is 5.58. The Labute approximate surface area is 86.7 Å². The second-order valence-corrected chi connectivity index (χ2v) is 3.84. The molecule has 0 aromatic rings. The zero-order chi connectivity index (χ0) is 13.1. The van der Waals surface area contributed by atoms with Gasteiger partial charge >= 0.3 is 15.6 Å². The summed E-state index contributed by atoms with van der Waals surface area (Å²) in [4.78, 5) is 43.1. The van der Waals surface area contributed by atoms with E-state index in [2.05, 4.69) is 6.58 Å². The smallest absolute Gasteiger partial charge is 0.303 e. The third-order valence-corrected chi connectivity index (χ3v) is 0.329. The Morgan fingerprint density at radius 1 is 0.933 bits per heavy atom. The van der Waals surface area contributed by atoms with Gasteiger partial charge in [-0.1, -0.05) is 24.8 Å². The lowest BCUT2D eigenvalue weighted by molar-refractivity contribution is 0.272. The van der Waals surface area contributed by atoms with Crippen molar-refractivity contribution in [2.75, 3.05) is 0 Å². The molecular weight excluding hydrogens is 250 g/mol.